The number of carbonyl (C=O) groups excluding carboxylic acids is 2. The molecule has 0 saturated carbocycles. The number of ether oxygens (including phenoxy) is 2. The van der Waals surface area contributed by atoms with Gasteiger partial charge in [-0.3, -0.25) is 9.59 Å². The first-order chi connectivity index (χ1) is 15.7. The Morgan fingerprint density at radius 3 is 2.03 bits per heavy atom. The number of unbranched alkanes of at least 4 members (excludes halogenated alkanes) is 12. The summed E-state index contributed by atoms with van der Waals surface area (Å²) in [6.45, 7) is 4.80. The lowest BCUT2D eigenvalue weighted by Gasteiger charge is -2.03. The summed E-state index contributed by atoms with van der Waals surface area (Å²) in [4.78, 5) is 23.3. The molecule has 0 spiro atoms. The van der Waals surface area contributed by atoms with Crippen molar-refractivity contribution in [2.75, 3.05) is 13.2 Å². The summed E-state index contributed by atoms with van der Waals surface area (Å²) in [7, 11) is 0. The van der Waals surface area contributed by atoms with Gasteiger partial charge in [0.1, 0.15) is 6.42 Å². The lowest BCUT2D eigenvalue weighted by atomic mass is 10.1. The van der Waals surface area contributed by atoms with Crippen molar-refractivity contribution in [2.24, 2.45) is 0 Å². The average Bonchev–Trinajstić information content (AvgIpc) is 3.25. The van der Waals surface area contributed by atoms with Crippen molar-refractivity contribution < 1.29 is 23.5 Å². The largest absolute Gasteiger partial charge is 0.466 e. The molecule has 1 rings (SSSR count). The fourth-order valence-electron chi connectivity index (χ4n) is 3.50. The fourth-order valence-corrected chi connectivity index (χ4v) is 3.50. The van der Waals surface area contributed by atoms with Crippen LogP contribution in [0.3, 0.4) is 0 Å². The van der Waals surface area contributed by atoms with Gasteiger partial charge in [0.05, 0.1) is 13.2 Å². The lowest BCUT2D eigenvalue weighted by Crippen LogP contribution is -2.10. The molecule has 0 atom stereocenters. The third kappa shape index (κ3) is 14.9. The third-order valence-electron chi connectivity index (χ3n) is 5.37. The Labute approximate surface area is 194 Å². The molecule has 0 radical (unpaired) electrons. The Bertz CT molecular complexity index is 632. The van der Waals surface area contributed by atoms with Crippen LogP contribution >= 0.6 is 0 Å². The molecule has 182 valence electrons. The molecule has 0 bridgehead atoms. The first kappa shape index (κ1) is 28.0. The number of Topliss-reactive ketones (excluding diaryl/α,β-unsaturated/α-hetero) is 1. The van der Waals surface area contributed by atoms with Crippen LogP contribution in [-0.2, 0) is 9.53 Å². The van der Waals surface area contributed by atoms with E-state index in [0.717, 1.165) is 12.8 Å². The molecule has 32 heavy (non-hydrogen) atoms. The molecule has 1 aromatic rings. The Hall–Kier alpha value is -2.04. The van der Waals surface area contributed by atoms with Crippen LogP contribution in [-0.4, -0.2) is 25.0 Å². The predicted molar refractivity (Wildman–Crippen MR) is 129 cm³/mol. The quantitative estimate of drug-likeness (QED) is 0.0630. The van der Waals surface area contributed by atoms with Crippen molar-refractivity contribution >= 4 is 11.8 Å². The highest BCUT2D eigenvalue weighted by atomic mass is 16.6. The van der Waals surface area contributed by atoms with Gasteiger partial charge in [-0.2, -0.15) is 0 Å². The minimum absolute atomic E-state index is 0.133. The van der Waals surface area contributed by atoms with Crippen LogP contribution in [0.25, 0.3) is 0 Å². The number of furan rings is 1. The van der Waals surface area contributed by atoms with Crippen LogP contribution in [0.4, 0.5) is 0 Å². The zero-order valence-electron chi connectivity index (χ0n) is 20.4. The SMILES string of the molecule is CCCCCCCCC=CCCCCCCCCOc1ccc(C(=O)CC(=O)OCC)o1. The average molecular weight is 449 g/mol. The first-order valence-electron chi connectivity index (χ1n) is 12.7. The Morgan fingerprint density at radius 2 is 1.41 bits per heavy atom. The van der Waals surface area contributed by atoms with Gasteiger partial charge < -0.3 is 13.9 Å². The fraction of sp³-hybridized carbons (Fsp3) is 0.704. The Morgan fingerprint density at radius 1 is 0.812 bits per heavy atom. The Kier molecular flexibility index (Phi) is 17.2. The van der Waals surface area contributed by atoms with Gasteiger partial charge in [0, 0.05) is 6.07 Å². The molecule has 5 nitrogen and oxygen atoms in total. The molecular weight excluding hydrogens is 404 g/mol. The van der Waals surface area contributed by atoms with E-state index in [-0.39, 0.29) is 18.8 Å². The molecule has 1 aromatic heterocycles. The van der Waals surface area contributed by atoms with Crippen molar-refractivity contribution in [2.45, 2.75) is 110 Å². The van der Waals surface area contributed by atoms with Crippen LogP contribution in [0.15, 0.2) is 28.7 Å². The van der Waals surface area contributed by atoms with Gasteiger partial charge in [0.25, 0.3) is 5.95 Å². The van der Waals surface area contributed by atoms with Gasteiger partial charge in [0.15, 0.2) is 5.76 Å². The van der Waals surface area contributed by atoms with E-state index in [9.17, 15) is 9.59 Å². The molecule has 0 fully saturated rings. The lowest BCUT2D eigenvalue weighted by molar-refractivity contribution is -0.142. The summed E-state index contributed by atoms with van der Waals surface area (Å²) >= 11 is 0. The standard InChI is InChI=1S/C27H44O5/c1-3-5-6-7-8-9-10-11-12-13-14-15-16-17-18-19-22-31-27-21-20-25(32-27)24(28)23-26(29)30-4-2/h11-12,20-21H,3-10,13-19,22-23H2,1-2H3. The van der Waals surface area contributed by atoms with E-state index in [1.54, 1.807) is 19.1 Å². The van der Waals surface area contributed by atoms with E-state index in [1.807, 2.05) is 0 Å². The van der Waals surface area contributed by atoms with Crippen molar-refractivity contribution in [3.8, 4) is 5.95 Å². The highest BCUT2D eigenvalue weighted by molar-refractivity contribution is 6.04. The van der Waals surface area contributed by atoms with Gasteiger partial charge in [-0.05, 0) is 45.1 Å². The number of carbonyl (C=O) groups is 2. The molecule has 0 saturated heterocycles. The minimum Gasteiger partial charge on any atom is -0.466 e. The number of rotatable bonds is 21. The minimum atomic E-state index is -0.541. The summed E-state index contributed by atoms with van der Waals surface area (Å²) in [5.41, 5.74) is 0. The summed E-state index contributed by atoms with van der Waals surface area (Å²) in [5.74, 6) is -0.477. The third-order valence-corrected chi connectivity index (χ3v) is 5.37. The summed E-state index contributed by atoms with van der Waals surface area (Å²) in [6, 6.07) is 3.16. The van der Waals surface area contributed by atoms with E-state index in [4.69, 9.17) is 13.9 Å². The smallest absolute Gasteiger partial charge is 0.313 e. The van der Waals surface area contributed by atoms with Gasteiger partial charge in [-0.25, -0.2) is 0 Å². The second-order valence-electron chi connectivity index (χ2n) is 8.31. The molecule has 0 amide bonds. The second kappa shape index (κ2) is 19.6. The molecule has 0 unspecified atom stereocenters. The maximum Gasteiger partial charge on any atom is 0.313 e. The predicted octanol–water partition coefficient (Wildman–Crippen LogP) is 7.83. The van der Waals surface area contributed by atoms with Gasteiger partial charge >= 0.3 is 5.97 Å². The van der Waals surface area contributed by atoms with E-state index in [0.29, 0.717) is 12.6 Å². The van der Waals surface area contributed by atoms with Gasteiger partial charge in [-0.1, -0.05) is 76.9 Å². The van der Waals surface area contributed by atoms with E-state index >= 15 is 0 Å². The molecule has 5 heteroatoms. The number of allylic oxidation sites excluding steroid dienone is 2. The maximum atomic E-state index is 11.9. The van der Waals surface area contributed by atoms with Crippen molar-refractivity contribution in [3.63, 3.8) is 0 Å². The summed E-state index contributed by atoms with van der Waals surface area (Å²) < 4.78 is 15.7. The van der Waals surface area contributed by atoms with Crippen LogP contribution in [0.2, 0.25) is 0 Å². The monoisotopic (exact) mass is 448 g/mol. The van der Waals surface area contributed by atoms with Crippen LogP contribution < -0.4 is 4.74 Å². The normalized spacial score (nSPS) is 11.2. The molecule has 1 heterocycles. The number of hydrogen-bond donors (Lipinski definition) is 0. The summed E-state index contributed by atoms with van der Waals surface area (Å²) in [6.07, 6.45) is 22.2. The molecule has 0 aromatic carbocycles. The number of hydrogen-bond acceptors (Lipinski definition) is 5. The number of esters is 1. The van der Waals surface area contributed by atoms with Crippen LogP contribution in [0.1, 0.15) is 121 Å². The topological polar surface area (TPSA) is 65.7 Å². The molecular formula is C27H44O5. The Balaban J connectivity index is 1.93. The van der Waals surface area contributed by atoms with Gasteiger partial charge in [0.2, 0.25) is 5.78 Å². The van der Waals surface area contributed by atoms with Crippen LogP contribution in [0, 0.1) is 0 Å². The zero-order valence-corrected chi connectivity index (χ0v) is 20.4. The second-order valence-corrected chi connectivity index (χ2v) is 8.31. The molecule has 0 aliphatic carbocycles. The van der Waals surface area contributed by atoms with E-state index < -0.39 is 11.8 Å². The van der Waals surface area contributed by atoms with Crippen molar-refractivity contribution in [1.82, 2.24) is 0 Å². The highest BCUT2D eigenvalue weighted by Gasteiger charge is 2.16. The van der Waals surface area contributed by atoms with Crippen molar-refractivity contribution in [3.05, 3.63) is 30.0 Å². The molecule has 0 N–H and O–H groups in total. The highest BCUT2D eigenvalue weighted by Crippen LogP contribution is 2.18. The van der Waals surface area contributed by atoms with Crippen molar-refractivity contribution in [1.29, 1.82) is 0 Å². The van der Waals surface area contributed by atoms with E-state index in [2.05, 4.69) is 19.1 Å². The molecule has 0 aliphatic heterocycles. The zero-order chi connectivity index (χ0) is 23.3. The van der Waals surface area contributed by atoms with Crippen LogP contribution in [0.5, 0.6) is 5.95 Å². The maximum absolute atomic E-state index is 11.9. The summed E-state index contributed by atoms with van der Waals surface area (Å²) in [5, 5.41) is 0. The number of ketones is 1. The van der Waals surface area contributed by atoms with Gasteiger partial charge in [-0.15, -0.1) is 0 Å². The van der Waals surface area contributed by atoms with E-state index in [1.165, 1.54) is 77.0 Å². The first-order valence-corrected chi connectivity index (χ1v) is 12.7. The molecule has 0 aliphatic rings.